The molecule has 0 aliphatic heterocycles. The third-order valence-corrected chi connectivity index (χ3v) is 4.49. The smallest absolute Gasteiger partial charge is 0.255 e. The van der Waals surface area contributed by atoms with E-state index in [4.69, 9.17) is 23.2 Å². The molecule has 3 aromatic rings. The van der Waals surface area contributed by atoms with Crippen molar-refractivity contribution in [3.63, 3.8) is 0 Å². The van der Waals surface area contributed by atoms with Crippen molar-refractivity contribution in [2.45, 2.75) is 6.54 Å². The van der Waals surface area contributed by atoms with Gasteiger partial charge in [0.05, 0.1) is 27.3 Å². The highest BCUT2D eigenvalue weighted by Gasteiger charge is 2.08. The average Bonchev–Trinajstić information content (AvgIpc) is 2.96. The van der Waals surface area contributed by atoms with E-state index in [0.29, 0.717) is 27.8 Å². The maximum atomic E-state index is 12.3. The highest BCUT2D eigenvalue weighted by atomic mass is 79.9. The number of nitrogens with one attached hydrogen (secondary N) is 1. The summed E-state index contributed by atoms with van der Waals surface area (Å²) in [6, 6.07) is 12.3. The second-order valence-electron chi connectivity index (χ2n) is 5.14. The zero-order valence-corrected chi connectivity index (χ0v) is 15.4. The Labute approximate surface area is 157 Å². The molecule has 0 unspecified atom stereocenters. The molecule has 1 N–H and O–H groups in total. The Balaban J connectivity index is 1.68. The van der Waals surface area contributed by atoms with Crippen LogP contribution < -0.4 is 5.32 Å². The standard InChI is InChI=1S/C17H12BrCl2N3O/c18-13-8-21-23(10-13)9-11-1-3-12(4-2-11)17(24)22-14-5-6-15(19)16(20)7-14/h1-8,10H,9H2,(H,22,24). The average molecular weight is 425 g/mol. The minimum Gasteiger partial charge on any atom is -0.322 e. The van der Waals surface area contributed by atoms with Crippen molar-refractivity contribution in [3.8, 4) is 0 Å². The van der Waals surface area contributed by atoms with E-state index < -0.39 is 0 Å². The van der Waals surface area contributed by atoms with Crippen molar-refractivity contribution < 1.29 is 4.79 Å². The monoisotopic (exact) mass is 423 g/mol. The van der Waals surface area contributed by atoms with Crippen molar-refractivity contribution in [2.75, 3.05) is 5.32 Å². The lowest BCUT2D eigenvalue weighted by molar-refractivity contribution is 0.102. The fourth-order valence-corrected chi connectivity index (χ4v) is 2.78. The molecule has 0 bridgehead atoms. The van der Waals surface area contributed by atoms with Crippen LogP contribution in [0.3, 0.4) is 0 Å². The molecule has 0 aliphatic rings. The van der Waals surface area contributed by atoms with Crippen LogP contribution in [-0.4, -0.2) is 15.7 Å². The van der Waals surface area contributed by atoms with Gasteiger partial charge in [0.1, 0.15) is 0 Å². The van der Waals surface area contributed by atoms with Gasteiger partial charge in [-0.05, 0) is 51.8 Å². The Hall–Kier alpha value is -1.82. The molecule has 0 spiro atoms. The van der Waals surface area contributed by atoms with Gasteiger partial charge in [-0.15, -0.1) is 0 Å². The van der Waals surface area contributed by atoms with Crippen LogP contribution >= 0.6 is 39.1 Å². The molecule has 0 saturated heterocycles. The summed E-state index contributed by atoms with van der Waals surface area (Å²) >= 11 is 15.2. The predicted molar refractivity (Wildman–Crippen MR) is 99.9 cm³/mol. The first-order valence-corrected chi connectivity index (χ1v) is 8.59. The maximum absolute atomic E-state index is 12.3. The first kappa shape index (κ1) is 17.0. The van der Waals surface area contributed by atoms with Crippen LogP contribution in [0.4, 0.5) is 5.69 Å². The molecule has 0 saturated carbocycles. The number of rotatable bonds is 4. The third kappa shape index (κ3) is 4.17. The lowest BCUT2D eigenvalue weighted by Crippen LogP contribution is -2.12. The number of hydrogen-bond acceptors (Lipinski definition) is 2. The van der Waals surface area contributed by atoms with E-state index in [1.54, 1.807) is 36.5 Å². The molecule has 0 aliphatic carbocycles. The molecule has 3 rings (SSSR count). The largest absolute Gasteiger partial charge is 0.322 e. The van der Waals surface area contributed by atoms with E-state index in [0.717, 1.165) is 10.0 Å². The van der Waals surface area contributed by atoms with E-state index in [1.807, 2.05) is 23.0 Å². The van der Waals surface area contributed by atoms with Crippen LogP contribution in [0.25, 0.3) is 0 Å². The second-order valence-corrected chi connectivity index (χ2v) is 6.87. The van der Waals surface area contributed by atoms with Gasteiger partial charge >= 0.3 is 0 Å². The Bertz CT molecular complexity index is 878. The first-order valence-electron chi connectivity index (χ1n) is 7.04. The summed E-state index contributed by atoms with van der Waals surface area (Å²) in [5, 5.41) is 7.85. The Morgan fingerprint density at radius 1 is 1.12 bits per heavy atom. The first-order chi connectivity index (χ1) is 11.5. The number of carbonyl (C=O) groups is 1. The van der Waals surface area contributed by atoms with Gasteiger partial charge in [-0.3, -0.25) is 9.48 Å². The van der Waals surface area contributed by atoms with Crippen LogP contribution in [0.5, 0.6) is 0 Å². The summed E-state index contributed by atoms with van der Waals surface area (Å²) < 4.78 is 2.75. The maximum Gasteiger partial charge on any atom is 0.255 e. The molecule has 24 heavy (non-hydrogen) atoms. The van der Waals surface area contributed by atoms with Crippen LogP contribution in [0.2, 0.25) is 10.0 Å². The number of hydrogen-bond donors (Lipinski definition) is 1. The van der Waals surface area contributed by atoms with Crippen molar-refractivity contribution in [3.05, 3.63) is 80.5 Å². The van der Waals surface area contributed by atoms with Crippen LogP contribution in [0, 0.1) is 0 Å². The molecule has 0 atom stereocenters. The van der Waals surface area contributed by atoms with E-state index in [2.05, 4.69) is 26.3 Å². The molecule has 7 heteroatoms. The van der Waals surface area contributed by atoms with Gasteiger partial charge < -0.3 is 5.32 Å². The molecule has 0 radical (unpaired) electrons. The number of anilines is 1. The summed E-state index contributed by atoms with van der Waals surface area (Å²) in [4.78, 5) is 12.3. The van der Waals surface area contributed by atoms with Crippen molar-refractivity contribution >= 4 is 50.7 Å². The van der Waals surface area contributed by atoms with Gasteiger partial charge in [0.2, 0.25) is 0 Å². The Morgan fingerprint density at radius 2 is 1.88 bits per heavy atom. The Kier molecular flexibility index (Phi) is 5.23. The normalized spacial score (nSPS) is 10.6. The SMILES string of the molecule is O=C(Nc1ccc(Cl)c(Cl)c1)c1ccc(Cn2cc(Br)cn2)cc1. The van der Waals surface area contributed by atoms with Crippen LogP contribution in [0.1, 0.15) is 15.9 Å². The summed E-state index contributed by atoms with van der Waals surface area (Å²) in [6.07, 6.45) is 3.63. The number of nitrogens with zero attached hydrogens (tertiary/aromatic N) is 2. The van der Waals surface area contributed by atoms with Gasteiger partial charge in [-0.25, -0.2) is 0 Å². The van der Waals surface area contributed by atoms with Crippen LogP contribution in [-0.2, 0) is 6.54 Å². The van der Waals surface area contributed by atoms with E-state index in [-0.39, 0.29) is 5.91 Å². The zero-order chi connectivity index (χ0) is 17.1. The summed E-state index contributed by atoms with van der Waals surface area (Å²) in [7, 11) is 0. The van der Waals surface area contributed by atoms with Crippen molar-refractivity contribution in [1.82, 2.24) is 9.78 Å². The molecule has 122 valence electrons. The number of halogens is 3. The zero-order valence-electron chi connectivity index (χ0n) is 12.3. The lowest BCUT2D eigenvalue weighted by Gasteiger charge is -2.07. The van der Waals surface area contributed by atoms with E-state index >= 15 is 0 Å². The van der Waals surface area contributed by atoms with Gasteiger partial charge in [-0.2, -0.15) is 5.10 Å². The van der Waals surface area contributed by atoms with E-state index in [9.17, 15) is 4.79 Å². The molecule has 1 amide bonds. The molecular weight excluding hydrogens is 413 g/mol. The van der Waals surface area contributed by atoms with E-state index in [1.165, 1.54) is 0 Å². The fourth-order valence-electron chi connectivity index (χ4n) is 2.15. The van der Waals surface area contributed by atoms with Gasteiger partial charge in [0.25, 0.3) is 5.91 Å². The highest BCUT2D eigenvalue weighted by Crippen LogP contribution is 2.25. The third-order valence-electron chi connectivity index (χ3n) is 3.34. The summed E-state index contributed by atoms with van der Waals surface area (Å²) in [6.45, 7) is 0.639. The second kappa shape index (κ2) is 7.38. The molecule has 2 aromatic carbocycles. The quantitative estimate of drug-likeness (QED) is 0.621. The van der Waals surface area contributed by atoms with Gasteiger partial charge in [-0.1, -0.05) is 35.3 Å². The number of carbonyl (C=O) groups excluding carboxylic acids is 1. The van der Waals surface area contributed by atoms with Gasteiger partial charge in [0, 0.05) is 17.4 Å². The van der Waals surface area contributed by atoms with Crippen LogP contribution in [0.15, 0.2) is 59.3 Å². The topological polar surface area (TPSA) is 46.9 Å². The fraction of sp³-hybridized carbons (Fsp3) is 0.0588. The minimum absolute atomic E-state index is 0.207. The Morgan fingerprint density at radius 3 is 2.50 bits per heavy atom. The van der Waals surface area contributed by atoms with Crippen molar-refractivity contribution in [2.24, 2.45) is 0 Å². The number of amides is 1. The van der Waals surface area contributed by atoms with Crippen molar-refractivity contribution in [1.29, 1.82) is 0 Å². The molecule has 1 heterocycles. The number of aromatic nitrogens is 2. The highest BCUT2D eigenvalue weighted by molar-refractivity contribution is 9.10. The molecule has 4 nitrogen and oxygen atoms in total. The number of benzene rings is 2. The molecule has 1 aromatic heterocycles. The minimum atomic E-state index is -0.207. The molecular formula is C17H12BrCl2N3O. The molecule has 0 fully saturated rings. The predicted octanol–water partition coefficient (Wildman–Crippen LogP) is 5.25. The summed E-state index contributed by atoms with van der Waals surface area (Å²) in [5.74, 6) is -0.207. The summed E-state index contributed by atoms with van der Waals surface area (Å²) in [5.41, 5.74) is 2.21. The van der Waals surface area contributed by atoms with Gasteiger partial charge in [0.15, 0.2) is 0 Å². The lowest BCUT2D eigenvalue weighted by atomic mass is 10.1.